The molecular formula is C24H31BrO10. The van der Waals surface area contributed by atoms with Gasteiger partial charge in [0.25, 0.3) is 0 Å². The van der Waals surface area contributed by atoms with Crippen LogP contribution in [0.15, 0.2) is 28.7 Å². The van der Waals surface area contributed by atoms with Crippen LogP contribution in [0.2, 0.25) is 0 Å². The van der Waals surface area contributed by atoms with Gasteiger partial charge in [-0.2, -0.15) is 0 Å². The second kappa shape index (κ2) is 13.0. The van der Waals surface area contributed by atoms with Crippen LogP contribution in [0.25, 0.3) is 0 Å². The first kappa shape index (κ1) is 28.7. The van der Waals surface area contributed by atoms with Crippen LogP contribution in [0.5, 0.6) is 0 Å². The lowest BCUT2D eigenvalue weighted by Crippen LogP contribution is -2.68. The molecule has 0 aliphatic carbocycles. The zero-order valence-corrected chi connectivity index (χ0v) is 21.7. The number of aryl methyl sites for hydroxylation is 1. The van der Waals surface area contributed by atoms with Crippen LogP contribution in [0.4, 0.5) is 0 Å². The molecule has 5 atom stereocenters. The number of ether oxygens (including phenoxy) is 5. The van der Waals surface area contributed by atoms with Gasteiger partial charge in [-0.3, -0.25) is 19.2 Å². The highest BCUT2D eigenvalue weighted by molar-refractivity contribution is 9.10. The number of carbonyl (C=O) groups is 4. The number of esters is 4. The van der Waals surface area contributed by atoms with E-state index in [-0.39, 0.29) is 13.0 Å². The number of rotatable bonds is 10. The van der Waals surface area contributed by atoms with Crippen LogP contribution in [-0.4, -0.2) is 65.8 Å². The topological polar surface area (TPSA) is 135 Å². The zero-order chi connectivity index (χ0) is 26.2. The molecule has 1 saturated heterocycles. The van der Waals surface area contributed by atoms with Gasteiger partial charge >= 0.3 is 23.9 Å². The van der Waals surface area contributed by atoms with Crippen molar-refractivity contribution in [1.29, 1.82) is 0 Å². The maximum absolute atomic E-state index is 11.9. The Bertz CT molecular complexity index is 902. The monoisotopic (exact) mass is 558 g/mol. The molecular weight excluding hydrogens is 528 g/mol. The molecule has 0 aromatic heterocycles. The first-order valence-electron chi connectivity index (χ1n) is 11.2. The highest BCUT2D eigenvalue weighted by atomic mass is 79.9. The second-order valence-corrected chi connectivity index (χ2v) is 9.23. The third-order valence-corrected chi connectivity index (χ3v) is 5.83. The molecule has 0 bridgehead atoms. The summed E-state index contributed by atoms with van der Waals surface area (Å²) in [7, 11) is 0. The van der Waals surface area contributed by atoms with Gasteiger partial charge in [0.05, 0.1) is 0 Å². The van der Waals surface area contributed by atoms with Crippen molar-refractivity contribution in [2.75, 3.05) is 6.61 Å². The minimum Gasteiger partial charge on any atom is -0.463 e. The number of carbonyl (C=O) groups excluding carboxylic acids is 4. The third kappa shape index (κ3) is 8.90. The first-order valence-corrected chi connectivity index (χ1v) is 12.0. The minimum atomic E-state index is -2.10. The Morgan fingerprint density at radius 2 is 1.46 bits per heavy atom. The van der Waals surface area contributed by atoms with Gasteiger partial charge in [-0.1, -0.05) is 28.1 Å². The van der Waals surface area contributed by atoms with Crippen LogP contribution < -0.4 is 0 Å². The molecule has 11 heteroatoms. The largest absolute Gasteiger partial charge is 0.463 e. The van der Waals surface area contributed by atoms with Crippen molar-refractivity contribution in [1.82, 2.24) is 0 Å². The molecule has 0 radical (unpaired) electrons. The van der Waals surface area contributed by atoms with Crippen LogP contribution in [-0.2, 0) is 49.3 Å². The van der Waals surface area contributed by atoms with E-state index in [1.165, 1.54) is 6.92 Å². The van der Waals surface area contributed by atoms with Gasteiger partial charge in [-0.05, 0) is 37.0 Å². The van der Waals surface area contributed by atoms with Gasteiger partial charge in [-0.25, -0.2) is 0 Å². The summed E-state index contributed by atoms with van der Waals surface area (Å²) in [6.45, 7) is 4.19. The van der Waals surface area contributed by atoms with E-state index in [0.717, 1.165) is 37.2 Å². The highest BCUT2D eigenvalue weighted by Gasteiger charge is 2.59. The lowest BCUT2D eigenvalue weighted by molar-refractivity contribution is -0.354. The average Bonchev–Trinajstić information content (AvgIpc) is 2.75. The van der Waals surface area contributed by atoms with Gasteiger partial charge in [0.1, 0.15) is 12.7 Å². The molecule has 0 saturated carbocycles. The Balaban J connectivity index is 2.29. The smallest absolute Gasteiger partial charge is 0.303 e. The van der Waals surface area contributed by atoms with Crippen molar-refractivity contribution in [2.45, 2.75) is 83.6 Å². The van der Waals surface area contributed by atoms with Gasteiger partial charge in [0.15, 0.2) is 18.3 Å². The molecule has 10 nitrogen and oxygen atoms in total. The molecule has 2 rings (SSSR count). The van der Waals surface area contributed by atoms with E-state index >= 15 is 0 Å². The molecule has 1 aliphatic heterocycles. The molecule has 0 amide bonds. The van der Waals surface area contributed by atoms with Crippen molar-refractivity contribution in [3.05, 3.63) is 34.3 Å². The summed E-state index contributed by atoms with van der Waals surface area (Å²) < 4.78 is 27.9. The molecule has 1 N–H and O–H groups in total. The van der Waals surface area contributed by atoms with Crippen LogP contribution >= 0.6 is 15.9 Å². The Morgan fingerprint density at radius 3 is 2.00 bits per heavy atom. The van der Waals surface area contributed by atoms with E-state index in [0.29, 0.717) is 12.8 Å². The van der Waals surface area contributed by atoms with Gasteiger partial charge < -0.3 is 28.8 Å². The summed E-state index contributed by atoms with van der Waals surface area (Å²) in [6.07, 6.45) is -3.53. The lowest BCUT2D eigenvalue weighted by Gasteiger charge is -2.48. The van der Waals surface area contributed by atoms with E-state index in [9.17, 15) is 24.3 Å². The van der Waals surface area contributed by atoms with E-state index in [1.807, 2.05) is 24.3 Å². The summed E-state index contributed by atoms with van der Waals surface area (Å²) in [5, 5.41) is 11.5. The van der Waals surface area contributed by atoms with Crippen LogP contribution in [0.3, 0.4) is 0 Å². The Hall–Kier alpha value is -2.50. The highest BCUT2D eigenvalue weighted by Crippen LogP contribution is 2.37. The second-order valence-electron chi connectivity index (χ2n) is 8.32. The summed E-state index contributed by atoms with van der Waals surface area (Å²) >= 11 is 3.39. The minimum absolute atomic E-state index is 0.00258. The van der Waals surface area contributed by atoms with Gasteiger partial charge in [0, 0.05) is 38.6 Å². The summed E-state index contributed by atoms with van der Waals surface area (Å²) in [5.41, 5.74) is 1.10. The van der Waals surface area contributed by atoms with Gasteiger partial charge in [-0.15, -0.1) is 0 Å². The molecule has 1 aromatic carbocycles. The van der Waals surface area contributed by atoms with Crippen molar-refractivity contribution >= 4 is 39.8 Å². The van der Waals surface area contributed by atoms with Crippen LogP contribution in [0, 0.1) is 0 Å². The standard InChI is InChI=1S/C24H31BrO10/c1-14(26)31-13-20-21(32-15(2)27)22(33-16(3)28)23(34-17(4)29)24(30,35-20)12-6-5-7-18-8-10-19(25)11-9-18/h8-11,20-23,30H,5-7,12-13H2,1-4H3/t20-,21-,22+,23-,24-/m1/s1. The maximum atomic E-state index is 11.9. The normalized spacial score (nSPS) is 25.9. The number of unbranched alkanes of at least 4 members (excludes halogenated alkanes) is 1. The average molecular weight is 559 g/mol. The van der Waals surface area contributed by atoms with Crippen molar-refractivity contribution in [2.24, 2.45) is 0 Å². The van der Waals surface area contributed by atoms with E-state index in [4.69, 9.17) is 23.7 Å². The zero-order valence-electron chi connectivity index (χ0n) is 20.2. The Kier molecular flexibility index (Phi) is 10.7. The van der Waals surface area contributed by atoms with Crippen molar-refractivity contribution in [3.8, 4) is 0 Å². The summed E-state index contributed by atoms with van der Waals surface area (Å²) in [6, 6.07) is 7.82. The quantitative estimate of drug-likeness (QED) is 0.259. The molecule has 0 spiro atoms. The number of halogens is 1. The molecule has 1 aliphatic rings. The van der Waals surface area contributed by atoms with Crippen molar-refractivity contribution in [3.63, 3.8) is 0 Å². The number of aliphatic hydroxyl groups is 1. The van der Waals surface area contributed by atoms with E-state index in [2.05, 4.69) is 15.9 Å². The fourth-order valence-electron chi connectivity index (χ4n) is 3.92. The third-order valence-electron chi connectivity index (χ3n) is 5.30. The molecule has 0 unspecified atom stereocenters. The van der Waals surface area contributed by atoms with E-state index in [1.54, 1.807) is 0 Å². The SMILES string of the molecule is CC(=O)OC[C@H]1O[C@](O)(CCCCc2ccc(Br)cc2)[C@H](OC(C)=O)[C@@H](OC(C)=O)[C@@H]1OC(C)=O. The fourth-order valence-corrected chi connectivity index (χ4v) is 4.18. The van der Waals surface area contributed by atoms with Gasteiger partial charge in [0.2, 0.25) is 5.79 Å². The summed E-state index contributed by atoms with van der Waals surface area (Å²) in [4.78, 5) is 47.0. The predicted octanol–water partition coefficient (Wildman–Crippen LogP) is 2.61. The van der Waals surface area contributed by atoms with E-state index < -0.39 is 54.1 Å². The molecule has 1 fully saturated rings. The lowest BCUT2D eigenvalue weighted by atomic mass is 9.88. The molecule has 1 heterocycles. The summed E-state index contributed by atoms with van der Waals surface area (Å²) in [5.74, 6) is -4.98. The fraction of sp³-hybridized carbons (Fsp3) is 0.583. The number of benzene rings is 1. The maximum Gasteiger partial charge on any atom is 0.303 e. The first-order chi connectivity index (χ1) is 16.4. The number of hydrogen-bond donors (Lipinski definition) is 1. The number of hydrogen-bond acceptors (Lipinski definition) is 10. The van der Waals surface area contributed by atoms with Crippen LogP contribution in [0.1, 0.15) is 52.5 Å². The Labute approximate surface area is 212 Å². The van der Waals surface area contributed by atoms with Crippen molar-refractivity contribution < 1.29 is 48.0 Å². The molecule has 194 valence electrons. The molecule has 1 aromatic rings. The predicted molar refractivity (Wildman–Crippen MR) is 125 cm³/mol. The molecule has 35 heavy (non-hydrogen) atoms. The Morgan fingerprint density at radius 1 is 0.886 bits per heavy atom.